The Balaban J connectivity index is 1.51. The van der Waals surface area contributed by atoms with Crippen LogP contribution in [-0.4, -0.2) is 58.6 Å². The molecule has 11 heteroatoms. The predicted octanol–water partition coefficient (Wildman–Crippen LogP) is 3.99. The molecule has 0 radical (unpaired) electrons. The molecule has 3 heterocycles. The minimum Gasteiger partial charge on any atom is -0.367 e. The van der Waals surface area contributed by atoms with Gasteiger partial charge in [-0.1, -0.05) is 12.6 Å². The fourth-order valence-corrected chi connectivity index (χ4v) is 4.47. The van der Waals surface area contributed by atoms with Crippen molar-refractivity contribution in [2.45, 2.75) is 6.92 Å². The Labute approximate surface area is 223 Å². The lowest BCUT2D eigenvalue weighted by molar-refractivity contribution is -0.111. The molecule has 0 atom stereocenters. The zero-order chi connectivity index (χ0) is 27.7. The van der Waals surface area contributed by atoms with Crippen LogP contribution < -0.4 is 21.0 Å². The Bertz CT molecular complexity index is 1650. The van der Waals surface area contributed by atoms with E-state index in [0.717, 1.165) is 19.2 Å². The van der Waals surface area contributed by atoms with Crippen molar-refractivity contribution in [3.8, 4) is 5.69 Å². The van der Waals surface area contributed by atoms with Crippen molar-refractivity contribution < 1.29 is 13.6 Å². The largest absolute Gasteiger partial charge is 0.367 e. The van der Waals surface area contributed by atoms with Crippen LogP contribution >= 0.6 is 0 Å². The number of likely N-dealkylation sites (N-methyl/N-ethyl adjacent to an activating group) is 1. The number of piperazine rings is 1. The number of aromatic nitrogens is 3. The zero-order valence-electron chi connectivity index (χ0n) is 21.5. The lowest BCUT2D eigenvalue weighted by Gasteiger charge is -2.34. The smallest absolute Gasteiger partial charge is 0.247 e. The van der Waals surface area contributed by atoms with Gasteiger partial charge < -0.3 is 25.0 Å². The lowest BCUT2D eigenvalue weighted by Crippen LogP contribution is -2.44. The molecule has 2 aromatic heterocycles. The van der Waals surface area contributed by atoms with Crippen LogP contribution in [0.3, 0.4) is 0 Å². The average Bonchev–Trinajstić information content (AvgIpc) is 2.94. The number of halogens is 2. The molecule has 0 spiro atoms. The van der Waals surface area contributed by atoms with Crippen molar-refractivity contribution in [3.05, 3.63) is 88.9 Å². The van der Waals surface area contributed by atoms with E-state index in [-0.39, 0.29) is 39.7 Å². The van der Waals surface area contributed by atoms with E-state index >= 15 is 8.78 Å². The summed E-state index contributed by atoms with van der Waals surface area (Å²) in [7, 11) is 1.99. The van der Waals surface area contributed by atoms with E-state index < -0.39 is 11.6 Å². The molecule has 39 heavy (non-hydrogen) atoms. The molecule has 0 bridgehead atoms. The molecule has 0 aliphatic carbocycles. The third-order valence-electron chi connectivity index (χ3n) is 6.65. The lowest BCUT2D eigenvalue weighted by atomic mass is 10.2. The maximum atomic E-state index is 15.1. The molecule has 0 unspecified atom stereocenters. The Hall–Kier alpha value is -4.64. The van der Waals surface area contributed by atoms with Crippen LogP contribution in [-0.2, 0) is 4.79 Å². The Morgan fingerprint density at radius 3 is 2.62 bits per heavy atom. The number of nitrogens with zero attached hydrogens (tertiary/aromatic N) is 5. The molecule has 2 aromatic carbocycles. The Morgan fingerprint density at radius 2 is 1.87 bits per heavy atom. The number of benzene rings is 2. The van der Waals surface area contributed by atoms with Gasteiger partial charge in [-0.3, -0.25) is 9.59 Å². The second-order valence-electron chi connectivity index (χ2n) is 9.36. The highest BCUT2D eigenvalue weighted by Crippen LogP contribution is 2.29. The van der Waals surface area contributed by atoms with E-state index in [0.29, 0.717) is 30.0 Å². The van der Waals surface area contributed by atoms with Gasteiger partial charge >= 0.3 is 0 Å². The molecule has 1 fully saturated rings. The number of pyridine rings is 1. The van der Waals surface area contributed by atoms with Gasteiger partial charge in [-0.25, -0.2) is 13.8 Å². The summed E-state index contributed by atoms with van der Waals surface area (Å²) in [5.74, 6) is -2.37. The monoisotopic (exact) mass is 531 g/mol. The van der Waals surface area contributed by atoms with Gasteiger partial charge in [-0.15, -0.1) is 0 Å². The topological polar surface area (TPSA) is 95.4 Å². The number of carbonyl (C=O) groups is 1. The van der Waals surface area contributed by atoms with Gasteiger partial charge in [0.05, 0.1) is 16.8 Å². The van der Waals surface area contributed by atoms with Crippen molar-refractivity contribution in [2.24, 2.45) is 0 Å². The van der Waals surface area contributed by atoms with Gasteiger partial charge in [-0.2, -0.15) is 4.98 Å². The zero-order valence-corrected chi connectivity index (χ0v) is 21.5. The van der Waals surface area contributed by atoms with Gasteiger partial charge in [0.15, 0.2) is 22.7 Å². The molecule has 5 rings (SSSR count). The van der Waals surface area contributed by atoms with Crippen molar-refractivity contribution in [2.75, 3.05) is 48.8 Å². The summed E-state index contributed by atoms with van der Waals surface area (Å²) in [6.45, 7) is 7.85. The van der Waals surface area contributed by atoms with Crippen LogP contribution in [0.2, 0.25) is 0 Å². The van der Waals surface area contributed by atoms with Gasteiger partial charge in [0.25, 0.3) is 0 Å². The molecule has 1 amide bonds. The molecular formula is C28H27F2N7O2. The van der Waals surface area contributed by atoms with Crippen LogP contribution in [0.5, 0.6) is 0 Å². The molecule has 4 aromatic rings. The van der Waals surface area contributed by atoms with Gasteiger partial charge in [0.1, 0.15) is 0 Å². The summed E-state index contributed by atoms with van der Waals surface area (Å²) in [5.41, 5.74) is 1.68. The molecule has 0 saturated carbocycles. The SMILES string of the molecule is C=CC(=O)Nc1cccc(-n2cc(C)c(=O)c3cnc(Nc4ccc(N5CCN(C)CC5)c(F)c4F)nc32)c1. The maximum Gasteiger partial charge on any atom is 0.247 e. The Kier molecular flexibility index (Phi) is 7.07. The minimum absolute atomic E-state index is 0.0127. The van der Waals surface area contributed by atoms with E-state index in [9.17, 15) is 9.59 Å². The number of rotatable bonds is 6. The van der Waals surface area contributed by atoms with E-state index in [2.05, 4.69) is 32.1 Å². The summed E-state index contributed by atoms with van der Waals surface area (Å²) in [6, 6.07) is 9.95. The molecule has 1 aliphatic rings. The number of hydrogen-bond donors (Lipinski definition) is 2. The number of aryl methyl sites for hydroxylation is 1. The number of carbonyl (C=O) groups excluding carboxylic acids is 1. The van der Waals surface area contributed by atoms with Crippen molar-refractivity contribution in [1.82, 2.24) is 19.4 Å². The average molecular weight is 532 g/mol. The highest BCUT2D eigenvalue weighted by atomic mass is 19.2. The molecule has 9 nitrogen and oxygen atoms in total. The maximum absolute atomic E-state index is 15.1. The van der Waals surface area contributed by atoms with Crippen LogP contribution in [0.4, 0.5) is 31.8 Å². The first kappa shape index (κ1) is 26.0. The van der Waals surface area contributed by atoms with Crippen molar-refractivity contribution in [1.29, 1.82) is 0 Å². The van der Waals surface area contributed by atoms with Crippen LogP contribution in [0.1, 0.15) is 5.56 Å². The minimum atomic E-state index is -1.04. The molecule has 1 aliphatic heterocycles. The number of anilines is 4. The number of fused-ring (bicyclic) bond motifs is 1. The quantitative estimate of drug-likeness (QED) is 0.364. The van der Waals surface area contributed by atoms with Gasteiger partial charge in [-0.05, 0) is 50.4 Å². The Morgan fingerprint density at radius 1 is 1.10 bits per heavy atom. The van der Waals surface area contributed by atoms with E-state index in [1.165, 1.54) is 18.3 Å². The van der Waals surface area contributed by atoms with Crippen LogP contribution in [0, 0.1) is 18.6 Å². The third kappa shape index (κ3) is 5.21. The fourth-order valence-electron chi connectivity index (χ4n) is 4.47. The second kappa shape index (κ2) is 10.6. The van der Waals surface area contributed by atoms with E-state index in [4.69, 9.17) is 0 Å². The molecule has 1 saturated heterocycles. The van der Waals surface area contributed by atoms with E-state index in [1.54, 1.807) is 42.0 Å². The predicted molar refractivity (Wildman–Crippen MR) is 148 cm³/mol. The highest BCUT2D eigenvalue weighted by Gasteiger charge is 2.22. The van der Waals surface area contributed by atoms with Crippen molar-refractivity contribution in [3.63, 3.8) is 0 Å². The first-order chi connectivity index (χ1) is 18.7. The first-order valence-electron chi connectivity index (χ1n) is 12.4. The van der Waals surface area contributed by atoms with Crippen LogP contribution in [0.15, 0.2) is 66.2 Å². The highest BCUT2D eigenvalue weighted by molar-refractivity contribution is 5.99. The number of amides is 1. The standard InChI is InChI=1S/C28H27F2N7O2/c1-4-23(38)32-18-6-5-7-19(14-18)37-16-17(2)26(39)20-15-31-28(34-27(20)37)33-21-8-9-22(25(30)24(21)29)36-12-10-35(3)11-13-36/h4-9,14-16H,1,10-13H2,2-3H3,(H,32,38)(H,31,33,34). The fraction of sp³-hybridized carbons (Fsp3) is 0.214. The normalized spacial score (nSPS) is 13.9. The first-order valence-corrected chi connectivity index (χ1v) is 12.4. The van der Waals surface area contributed by atoms with Gasteiger partial charge in [0.2, 0.25) is 11.9 Å². The molecular weight excluding hydrogens is 504 g/mol. The molecule has 200 valence electrons. The second-order valence-corrected chi connectivity index (χ2v) is 9.36. The number of hydrogen-bond acceptors (Lipinski definition) is 7. The summed E-state index contributed by atoms with van der Waals surface area (Å²) >= 11 is 0. The summed E-state index contributed by atoms with van der Waals surface area (Å²) in [5, 5.41) is 5.70. The van der Waals surface area contributed by atoms with Gasteiger partial charge in [0, 0.05) is 55.5 Å². The summed E-state index contributed by atoms with van der Waals surface area (Å²) in [4.78, 5) is 37.2. The summed E-state index contributed by atoms with van der Waals surface area (Å²) in [6.07, 6.45) is 4.14. The number of nitrogens with one attached hydrogen (secondary N) is 2. The molecule has 2 N–H and O–H groups in total. The van der Waals surface area contributed by atoms with Crippen molar-refractivity contribution >= 4 is 40.0 Å². The van der Waals surface area contributed by atoms with Crippen LogP contribution in [0.25, 0.3) is 16.7 Å². The summed E-state index contributed by atoms with van der Waals surface area (Å²) < 4.78 is 31.8. The van der Waals surface area contributed by atoms with E-state index in [1.807, 2.05) is 11.9 Å². The third-order valence-corrected chi connectivity index (χ3v) is 6.65.